The van der Waals surface area contributed by atoms with Crippen LogP contribution in [0.2, 0.25) is 0 Å². The summed E-state index contributed by atoms with van der Waals surface area (Å²) in [5, 5.41) is 22.6. The standard InChI is InChI=1S/C28H51N5O11/c1-4-24(35)31-11-13-41-15-17-43-19-26(37)32-12-14-42-16-18-44-20-27(38)33-23(28(39)40)8-9-25(36)30-10-6-5-7-22(29-3)21(2)34/h22-23,29H,4-20H2,1-3H3,(H,30,36)(H,31,35)(H,32,37)(H,33,38)(H,39,40). The molecule has 2 atom stereocenters. The lowest BCUT2D eigenvalue weighted by Gasteiger charge is -2.15. The fraction of sp³-hybridized carbons (Fsp3) is 0.786. The molecule has 0 aliphatic heterocycles. The number of carbonyl (C=O) groups excluding carboxylic acids is 5. The lowest BCUT2D eigenvalue weighted by atomic mass is 10.1. The second-order valence-corrected chi connectivity index (χ2v) is 9.68. The maximum Gasteiger partial charge on any atom is 0.326 e. The number of hydrogen-bond acceptors (Lipinski definition) is 11. The molecule has 4 amide bonds. The Balaban J connectivity index is 3.79. The van der Waals surface area contributed by atoms with E-state index in [0.717, 1.165) is 6.42 Å². The number of unbranched alkanes of at least 4 members (excludes halogenated alkanes) is 1. The number of hydrogen-bond donors (Lipinski definition) is 6. The van der Waals surface area contributed by atoms with Crippen LogP contribution in [-0.4, -0.2) is 132 Å². The van der Waals surface area contributed by atoms with E-state index in [2.05, 4.69) is 26.6 Å². The number of carboxylic acid groups (broad SMARTS) is 1. The molecule has 0 rings (SSSR count). The molecule has 0 spiro atoms. The van der Waals surface area contributed by atoms with Gasteiger partial charge in [-0.2, -0.15) is 0 Å². The first-order valence-corrected chi connectivity index (χ1v) is 14.9. The largest absolute Gasteiger partial charge is 0.480 e. The lowest BCUT2D eigenvalue weighted by Crippen LogP contribution is -2.43. The molecule has 44 heavy (non-hydrogen) atoms. The third kappa shape index (κ3) is 24.3. The summed E-state index contributed by atoms with van der Waals surface area (Å²) in [6.45, 7) is 5.21. The Labute approximate surface area is 259 Å². The fourth-order valence-corrected chi connectivity index (χ4v) is 3.58. The maximum absolute atomic E-state index is 12.0. The zero-order valence-corrected chi connectivity index (χ0v) is 26.2. The lowest BCUT2D eigenvalue weighted by molar-refractivity contribution is -0.143. The zero-order chi connectivity index (χ0) is 33.0. The van der Waals surface area contributed by atoms with Gasteiger partial charge in [-0.25, -0.2) is 4.79 Å². The predicted molar refractivity (Wildman–Crippen MR) is 159 cm³/mol. The second kappa shape index (κ2) is 27.4. The summed E-state index contributed by atoms with van der Waals surface area (Å²) in [4.78, 5) is 69.7. The Morgan fingerprint density at radius 2 is 1.18 bits per heavy atom. The molecule has 0 bridgehead atoms. The molecule has 254 valence electrons. The first-order chi connectivity index (χ1) is 21.1. The van der Waals surface area contributed by atoms with Crippen LogP contribution in [0.1, 0.15) is 52.4 Å². The molecule has 0 heterocycles. The van der Waals surface area contributed by atoms with Crippen molar-refractivity contribution in [3.63, 3.8) is 0 Å². The Kier molecular flexibility index (Phi) is 25.4. The van der Waals surface area contributed by atoms with Gasteiger partial charge < -0.3 is 50.6 Å². The first kappa shape index (κ1) is 40.8. The van der Waals surface area contributed by atoms with Gasteiger partial charge >= 0.3 is 5.97 Å². The number of nitrogens with one attached hydrogen (secondary N) is 5. The van der Waals surface area contributed by atoms with Crippen molar-refractivity contribution >= 4 is 35.4 Å². The number of amides is 4. The van der Waals surface area contributed by atoms with Gasteiger partial charge in [-0.15, -0.1) is 0 Å². The summed E-state index contributed by atoms with van der Waals surface area (Å²) in [5.41, 5.74) is 0. The van der Waals surface area contributed by atoms with Crippen LogP contribution < -0.4 is 26.6 Å². The van der Waals surface area contributed by atoms with E-state index in [0.29, 0.717) is 45.6 Å². The highest BCUT2D eigenvalue weighted by Crippen LogP contribution is 2.02. The van der Waals surface area contributed by atoms with E-state index in [1.54, 1.807) is 14.0 Å². The molecular formula is C28H51N5O11. The smallest absolute Gasteiger partial charge is 0.326 e. The van der Waals surface area contributed by atoms with Crippen LogP contribution in [0.5, 0.6) is 0 Å². The molecule has 0 radical (unpaired) electrons. The van der Waals surface area contributed by atoms with Gasteiger partial charge in [0, 0.05) is 32.5 Å². The minimum Gasteiger partial charge on any atom is -0.480 e. The first-order valence-electron chi connectivity index (χ1n) is 14.9. The van der Waals surface area contributed by atoms with E-state index in [1.165, 1.54) is 6.92 Å². The Morgan fingerprint density at radius 1 is 0.636 bits per heavy atom. The van der Waals surface area contributed by atoms with E-state index in [1.807, 2.05) is 0 Å². The zero-order valence-electron chi connectivity index (χ0n) is 26.2. The van der Waals surface area contributed by atoms with Gasteiger partial charge in [-0.1, -0.05) is 6.92 Å². The highest BCUT2D eigenvalue weighted by molar-refractivity contribution is 5.85. The minimum atomic E-state index is -1.26. The molecule has 0 aromatic heterocycles. The molecule has 16 heteroatoms. The molecule has 2 unspecified atom stereocenters. The van der Waals surface area contributed by atoms with Crippen molar-refractivity contribution in [3.8, 4) is 0 Å². The number of likely N-dealkylation sites (N-methyl/N-ethyl adjacent to an activating group) is 1. The molecular weight excluding hydrogens is 582 g/mol. The number of rotatable bonds is 29. The van der Waals surface area contributed by atoms with Crippen LogP contribution in [0.4, 0.5) is 0 Å². The van der Waals surface area contributed by atoms with E-state index in [9.17, 15) is 33.9 Å². The summed E-state index contributed by atoms with van der Waals surface area (Å²) in [5.74, 6) is -2.51. The average Bonchev–Trinajstić information content (AvgIpc) is 2.99. The van der Waals surface area contributed by atoms with E-state index in [4.69, 9.17) is 18.9 Å². The second-order valence-electron chi connectivity index (χ2n) is 9.68. The van der Waals surface area contributed by atoms with Crippen LogP contribution in [-0.2, 0) is 47.7 Å². The number of aliphatic carboxylic acids is 1. The molecule has 0 fully saturated rings. The number of ether oxygens (including phenoxy) is 4. The number of ketones is 1. The summed E-state index contributed by atoms with van der Waals surface area (Å²) < 4.78 is 21.0. The van der Waals surface area contributed by atoms with Crippen LogP contribution in [0, 0.1) is 0 Å². The van der Waals surface area contributed by atoms with Crippen molar-refractivity contribution in [1.29, 1.82) is 0 Å². The van der Waals surface area contributed by atoms with Gasteiger partial charge in [0.25, 0.3) is 0 Å². The highest BCUT2D eigenvalue weighted by atomic mass is 16.5. The average molecular weight is 634 g/mol. The Morgan fingerprint density at radius 3 is 1.73 bits per heavy atom. The van der Waals surface area contributed by atoms with Gasteiger partial charge in [0.05, 0.1) is 45.7 Å². The van der Waals surface area contributed by atoms with Crippen LogP contribution in [0.3, 0.4) is 0 Å². The normalized spacial score (nSPS) is 12.2. The summed E-state index contributed by atoms with van der Waals surface area (Å²) >= 11 is 0. The van der Waals surface area contributed by atoms with Crippen molar-refractivity contribution in [3.05, 3.63) is 0 Å². The topological polar surface area (TPSA) is 220 Å². The summed E-state index contributed by atoms with van der Waals surface area (Å²) in [6, 6.07) is -1.44. The molecule has 0 saturated carbocycles. The Bertz CT molecular complexity index is 860. The van der Waals surface area contributed by atoms with E-state index >= 15 is 0 Å². The van der Waals surface area contributed by atoms with Gasteiger partial charge in [0.15, 0.2) is 0 Å². The van der Waals surface area contributed by atoms with Crippen molar-refractivity contribution in [1.82, 2.24) is 26.6 Å². The highest BCUT2D eigenvalue weighted by Gasteiger charge is 2.21. The van der Waals surface area contributed by atoms with Gasteiger partial charge in [0.1, 0.15) is 25.0 Å². The van der Waals surface area contributed by atoms with Crippen LogP contribution >= 0.6 is 0 Å². The van der Waals surface area contributed by atoms with Crippen molar-refractivity contribution < 1.29 is 52.8 Å². The molecule has 16 nitrogen and oxygen atoms in total. The predicted octanol–water partition coefficient (Wildman–Crippen LogP) is -1.49. The van der Waals surface area contributed by atoms with Crippen LogP contribution in [0.15, 0.2) is 0 Å². The quantitative estimate of drug-likeness (QED) is 0.0519. The maximum atomic E-state index is 12.0. The molecule has 0 aromatic rings. The monoisotopic (exact) mass is 633 g/mol. The SMILES string of the molecule is CCC(=O)NCCOCCOCC(=O)NCCOCCOCC(=O)NC(CCC(=O)NCCCCC(NC)C(C)=O)C(=O)O. The number of Topliss-reactive ketones (excluding diaryl/α,β-unsaturated/α-hetero) is 1. The summed E-state index contributed by atoms with van der Waals surface area (Å²) in [7, 11) is 1.72. The van der Waals surface area contributed by atoms with Gasteiger partial charge in [-0.3, -0.25) is 24.0 Å². The molecule has 0 saturated heterocycles. The Hall–Kier alpha value is -3.18. The van der Waals surface area contributed by atoms with Crippen molar-refractivity contribution in [2.45, 2.75) is 64.5 Å². The fourth-order valence-electron chi connectivity index (χ4n) is 3.58. The molecule has 6 N–H and O–H groups in total. The molecule has 0 aromatic carbocycles. The van der Waals surface area contributed by atoms with E-state index < -0.39 is 17.9 Å². The third-order valence-corrected chi connectivity index (χ3v) is 6.04. The van der Waals surface area contributed by atoms with Crippen molar-refractivity contribution in [2.24, 2.45) is 0 Å². The minimum absolute atomic E-state index is 0.0435. The summed E-state index contributed by atoms with van der Waals surface area (Å²) in [6.07, 6.45) is 2.37. The number of carbonyl (C=O) groups is 6. The van der Waals surface area contributed by atoms with Crippen molar-refractivity contribution in [2.75, 3.05) is 79.5 Å². The molecule has 0 aliphatic rings. The van der Waals surface area contributed by atoms with Gasteiger partial charge in [0.2, 0.25) is 23.6 Å². The number of carboxylic acids is 1. The van der Waals surface area contributed by atoms with E-state index in [-0.39, 0.29) is 88.6 Å². The van der Waals surface area contributed by atoms with Crippen LogP contribution in [0.25, 0.3) is 0 Å². The van der Waals surface area contributed by atoms with Gasteiger partial charge in [-0.05, 0) is 39.7 Å². The molecule has 0 aliphatic carbocycles. The third-order valence-electron chi connectivity index (χ3n) is 6.04.